The third-order valence-corrected chi connectivity index (χ3v) is 5.91. The van der Waals surface area contributed by atoms with Crippen LogP contribution in [0.2, 0.25) is 0 Å². The number of aromatic nitrogens is 2. The molecule has 1 amide bonds. The maximum atomic E-state index is 12.8. The zero-order valence-corrected chi connectivity index (χ0v) is 18.5. The molecule has 0 spiro atoms. The van der Waals surface area contributed by atoms with Crippen molar-refractivity contribution in [1.29, 1.82) is 5.26 Å². The number of morpholine rings is 1. The molecule has 2 aromatic rings. The number of anilines is 4. The summed E-state index contributed by atoms with van der Waals surface area (Å²) in [6, 6.07) is 2.32. The number of ether oxygens (including phenoxy) is 1. The number of hydrogen-bond acceptors (Lipinski definition) is 8. The van der Waals surface area contributed by atoms with Crippen LogP contribution < -0.4 is 21.3 Å². The second kappa shape index (κ2) is 7.85. The lowest BCUT2D eigenvalue weighted by Crippen LogP contribution is -2.46. The quantitative estimate of drug-likeness (QED) is 0.764. The molecule has 164 valence electrons. The normalized spacial score (nSPS) is 21.1. The van der Waals surface area contributed by atoms with Crippen molar-refractivity contribution >= 4 is 40.0 Å². The van der Waals surface area contributed by atoms with Gasteiger partial charge in [-0.25, -0.2) is 9.97 Å². The zero-order chi connectivity index (χ0) is 22.4. The van der Waals surface area contributed by atoms with Crippen molar-refractivity contribution < 1.29 is 9.53 Å². The SMILES string of the molecule is CC(C)CCN1C(=O)Cc2c1nc(N)c1c(N)nc(N3C[C@@H](C)O[C@@H](C)C3)c(C#N)c21. The number of hydrogen-bond donors (Lipinski definition) is 2. The molecule has 9 heteroatoms. The van der Waals surface area contributed by atoms with Crippen LogP contribution in [0, 0.1) is 17.2 Å². The Hall–Kier alpha value is -3.12. The van der Waals surface area contributed by atoms with E-state index in [1.807, 2.05) is 18.7 Å². The zero-order valence-electron chi connectivity index (χ0n) is 18.5. The highest BCUT2D eigenvalue weighted by molar-refractivity contribution is 6.13. The Kier molecular flexibility index (Phi) is 5.35. The molecule has 2 aromatic heterocycles. The maximum Gasteiger partial charge on any atom is 0.232 e. The minimum atomic E-state index is -0.0375. The monoisotopic (exact) mass is 423 g/mol. The van der Waals surface area contributed by atoms with Crippen LogP contribution in [0.25, 0.3) is 10.8 Å². The molecular weight excluding hydrogens is 394 g/mol. The summed E-state index contributed by atoms with van der Waals surface area (Å²) >= 11 is 0. The lowest BCUT2D eigenvalue weighted by Gasteiger charge is -2.36. The van der Waals surface area contributed by atoms with E-state index in [4.69, 9.17) is 16.2 Å². The first-order valence-corrected chi connectivity index (χ1v) is 10.7. The molecule has 4 N–H and O–H groups in total. The van der Waals surface area contributed by atoms with Gasteiger partial charge in [0.1, 0.15) is 34.9 Å². The Morgan fingerprint density at radius 2 is 1.74 bits per heavy atom. The van der Waals surface area contributed by atoms with E-state index in [1.165, 1.54) is 0 Å². The van der Waals surface area contributed by atoms with Crippen molar-refractivity contribution in [2.45, 2.75) is 52.7 Å². The van der Waals surface area contributed by atoms with Gasteiger partial charge in [-0.3, -0.25) is 9.69 Å². The summed E-state index contributed by atoms with van der Waals surface area (Å²) in [5.41, 5.74) is 13.7. The van der Waals surface area contributed by atoms with Crippen LogP contribution in [0.4, 0.5) is 23.3 Å². The molecule has 0 radical (unpaired) electrons. The van der Waals surface area contributed by atoms with E-state index in [-0.39, 0.29) is 36.2 Å². The highest BCUT2D eigenvalue weighted by Gasteiger charge is 2.35. The van der Waals surface area contributed by atoms with Gasteiger partial charge in [0.2, 0.25) is 5.91 Å². The number of pyridine rings is 2. The van der Waals surface area contributed by atoms with E-state index in [0.717, 1.165) is 6.42 Å². The van der Waals surface area contributed by atoms with Gasteiger partial charge in [0.05, 0.1) is 24.0 Å². The molecule has 4 heterocycles. The lowest BCUT2D eigenvalue weighted by atomic mass is 10.00. The molecule has 9 nitrogen and oxygen atoms in total. The van der Waals surface area contributed by atoms with Crippen LogP contribution >= 0.6 is 0 Å². The van der Waals surface area contributed by atoms with Crippen molar-refractivity contribution in [3.8, 4) is 6.07 Å². The predicted molar refractivity (Wildman–Crippen MR) is 121 cm³/mol. The first-order valence-electron chi connectivity index (χ1n) is 10.7. The standard InChI is InChI=1S/C22H29N7O2/c1-11(2)5-6-29-16(30)7-14-17-15(8-23)21(28-9-12(3)31-13(4)10-28)26-19(24)18(17)20(25)27-22(14)29/h11-13H,5-7,9-10H2,1-4H3,(H2,24,26)(H2,25,27)/t12-,13+. The Labute approximate surface area is 182 Å². The van der Waals surface area contributed by atoms with E-state index < -0.39 is 0 Å². The Morgan fingerprint density at radius 3 is 2.32 bits per heavy atom. The lowest BCUT2D eigenvalue weighted by molar-refractivity contribution is -0.117. The fourth-order valence-electron chi connectivity index (χ4n) is 4.56. The number of rotatable bonds is 4. The summed E-state index contributed by atoms with van der Waals surface area (Å²) < 4.78 is 5.83. The van der Waals surface area contributed by atoms with Gasteiger partial charge in [0.25, 0.3) is 0 Å². The first kappa shape index (κ1) is 21.1. The molecule has 4 rings (SSSR count). The molecule has 0 aromatic carbocycles. The van der Waals surface area contributed by atoms with E-state index in [0.29, 0.717) is 59.1 Å². The number of carbonyl (C=O) groups excluding carboxylic acids is 1. The molecule has 0 unspecified atom stereocenters. The molecule has 0 saturated carbocycles. The van der Waals surface area contributed by atoms with Gasteiger partial charge < -0.3 is 21.1 Å². The van der Waals surface area contributed by atoms with Crippen molar-refractivity contribution in [2.24, 2.45) is 5.92 Å². The molecule has 0 aliphatic carbocycles. The number of nitrogens with zero attached hydrogens (tertiary/aromatic N) is 5. The Morgan fingerprint density at radius 1 is 1.13 bits per heavy atom. The third kappa shape index (κ3) is 3.61. The van der Waals surface area contributed by atoms with Crippen molar-refractivity contribution in [1.82, 2.24) is 9.97 Å². The fourth-order valence-corrected chi connectivity index (χ4v) is 4.56. The van der Waals surface area contributed by atoms with Crippen LogP contribution in [-0.4, -0.2) is 47.7 Å². The van der Waals surface area contributed by atoms with E-state index in [9.17, 15) is 10.1 Å². The fraction of sp³-hybridized carbons (Fsp3) is 0.545. The van der Waals surface area contributed by atoms with Crippen molar-refractivity contribution in [3.63, 3.8) is 0 Å². The van der Waals surface area contributed by atoms with Crippen molar-refractivity contribution in [3.05, 3.63) is 11.1 Å². The highest BCUT2D eigenvalue weighted by atomic mass is 16.5. The number of carbonyl (C=O) groups is 1. The van der Waals surface area contributed by atoms with Gasteiger partial charge in [0.15, 0.2) is 0 Å². The average molecular weight is 424 g/mol. The highest BCUT2D eigenvalue weighted by Crippen LogP contribution is 2.42. The summed E-state index contributed by atoms with van der Waals surface area (Å²) in [5, 5.41) is 11.2. The Balaban J connectivity index is 1.92. The van der Waals surface area contributed by atoms with Crippen LogP contribution in [0.5, 0.6) is 0 Å². The summed E-state index contributed by atoms with van der Waals surface area (Å²) in [7, 11) is 0. The van der Waals surface area contributed by atoms with Gasteiger partial charge in [-0.15, -0.1) is 0 Å². The number of nitriles is 1. The second-order valence-corrected chi connectivity index (χ2v) is 8.92. The van der Waals surface area contributed by atoms with E-state index in [1.54, 1.807) is 4.90 Å². The molecule has 0 bridgehead atoms. The molecule has 2 aliphatic heterocycles. The summed E-state index contributed by atoms with van der Waals surface area (Å²) in [6.07, 6.45) is 1.01. The summed E-state index contributed by atoms with van der Waals surface area (Å²) in [4.78, 5) is 25.6. The molecule has 2 aliphatic rings. The Bertz CT molecular complexity index is 1080. The molecular formula is C22H29N7O2. The van der Waals surface area contributed by atoms with E-state index in [2.05, 4.69) is 29.9 Å². The third-order valence-electron chi connectivity index (χ3n) is 5.91. The molecule has 31 heavy (non-hydrogen) atoms. The van der Waals surface area contributed by atoms with Gasteiger partial charge in [-0.2, -0.15) is 5.26 Å². The van der Waals surface area contributed by atoms with Crippen LogP contribution in [0.15, 0.2) is 0 Å². The van der Waals surface area contributed by atoms with Gasteiger partial charge in [0, 0.05) is 30.6 Å². The number of fused-ring (bicyclic) bond motifs is 3. The summed E-state index contributed by atoms with van der Waals surface area (Å²) in [6.45, 7) is 9.96. The van der Waals surface area contributed by atoms with Crippen LogP contribution in [0.3, 0.4) is 0 Å². The minimum absolute atomic E-state index is 0.00431. The van der Waals surface area contributed by atoms with E-state index >= 15 is 0 Å². The van der Waals surface area contributed by atoms with Crippen LogP contribution in [0.1, 0.15) is 45.2 Å². The molecule has 2 atom stereocenters. The summed E-state index contributed by atoms with van der Waals surface area (Å²) in [5.74, 6) is 1.86. The maximum absolute atomic E-state index is 12.8. The minimum Gasteiger partial charge on any atom is -0.383 e. The van der Waals surface area contributed by atoms with Gasteiger partial charge in [-0.1, -0.05) is 13.8 Å². The number of nitrogens with two attached hydrogens (primary N) is 2. The second-order valence-electron chi connectivity index (χ2n) is 8.92. The van der Waals surface area contributed by atoms with Crippen LogP contribution in [-0.2, 0) is 16.0 Å². The number of nitrogen functional groups attached to an aromatic ring is 2. The molecule has 1 saturated heterocycles. The first-order chi connectivity index (χ1) is 14.7. The predicted octanol–water partition coefficient (Wildman–Crippen LogP) is 2.21. The van der Waals surface area contributed by atoms with Gasteiger partial charge >= 0.3 is 0 Å². The smallest absolute Gasteiger partial charge is 0.232 e. The van der Waals surface area contributed by atoms with Crippen molar-refractivity contribution in [2.75, 3.05) is 40.9 Å². The molecule has 1 fully saturated rings. The topological polar surface area (TPSA) is 134 Å². The number of amides is 1. The van der Waals surface area contributed by atoms with Gasteiger partial charge in [-0.05, 0) is 26.2 Å². The average Bonchev–Trinajstić information content (AvgIpc) is 3.00. The largest absolute Gasteiger partial charge is 0.383 e.